The van der Waals surface area contributed by atoms with E-state index in [0.29, 0.717) is 32.6 Å². The van der Waals surface area contributed by atoms with Crippen LogP contribution in [0.15, 0.2) is 0 Å². The summed E-state index contributed by atoms with van der Waals surface area (Å²) in [5.41, 5.74) is 2.80. The summed E-state index contributed by atoms with van der Waals surface area (Å²) in [7, 11) is 1.83. The fourth-order valence-corrected chi connectivity index (χ4v) is 3.16. The van der Waals surface area contributed by atoms with E-state index in [2.05, 4.69) is 15.7 Å². The van der Waals surface area contributed by atoms with Crippen LogP contribution in [0.4, 0.5) is 13.2 Å². The minimum atomic E-state index is -4.36. The van der Waals surface area contributed by atoms with Crippen molar-refractivity contribution in [2.75, 3.05) is 32.7 Å². The number of alkyl halides is 3. The third-order valence-electron chi connectivity index (χ3n) is 4.72. The molecule has 0 radical (unpaired) electrons. The Morgan fingerprint density at radius 1 is 1.32 bits per heavy atom. The van der Waals surface area contributed by atoms with Crippen LogP contribution in [0.25, 0.3) is 0 Å². The zero-order valence-electron chi connectivity index (χ0n) is 14.9. The number of carbonyl (C=O) groups is 1. The van der Waals surface area contributed by atoms with Crippen LogP contribution in [-0.4, -0.2) is 65.5 Å². The Labute approximate surface area is 145 Å². The van der Waals surface area contributed by atoms with Gasteiger partial charge in [0, 0.05) is 51.9 Å². The van der Waals surface area contributed by atoms with Crippen LogP contribution in [0.1, 0.15) is 23.4 Å². The van der Waals surface area contributed by atoms with Gasteiger partial charge < -0.3 is 10.6 Å². The highest BCUT2D eigenvalue weighted by atomic mass is 19.4. The van der Waals surface area contributed by atoms with Gasteiger partial charge in [0.15, 0.2) is 0 Å². The summed E-state index contributed by atoms with van der Waals surface area (Å²) in [6, 6.07) is -1.64. The van der Waals surface area contributed by atoms with E-state index in [1.54, 1.807) is 4.68 Å². The van der Waals surface area contributed by atoms with Crippen molar-refractivity contribution in [1.29, 1.82) is 0 Å². The Kier molecular flexibility index (Phi) is 6.45. The molecule has 0 aliphatic carbocycles. The van der Waals surface area contributed by atoms with Crippen molar-refractivity contribution in [2.24, 2.45) is 7.05 Å². The normalized spacial score (nSPS) is 17.5. The van der Waals surface area contributed by atoms with Crippen LogP contribution in [0.5, 0.6) is 0 Å². The second kappa shape index (κ2) is 8.18. The maximum Gasteiger partial charge on any atom is 0.405 e. The van der Waals surface area contributed by atoms with Crippen LogP contribution >= 0.6 is 0 Å². The van der Waals surface area contributed by atoms with Crippen LogP contribution in [-0.2, 0) is 18.3 Å². The van der Waals surface area contributed by atoms with Gasteiger partial charge in [-0.3, -0.25) is 14.4 Å². The first kappa shape index (κ1) is 19.7. The molecule has 6 nitrogen and oxygen atoms in total. The zero-order valence-corrected chi connectivity index (χ0v) is 14.9. The standard InChI is InChI=1S/C16H26F3N5O/c1-11-13(12(2)23(3)22-11)4-5-15(25)21-10-14(16(17,18)19)24-8-6-20-7-9-24/h14,20H,4-10H2,1-3H3,(H,21,25). The first-order valence-electron chi connectivity index (χ1n) is 8.47. The maximum atomic E-state index is 13.3. The van der Waals surface area contributed by atoms with Gasteiger partial charge in [-0.05, 0) is 25.8 Å². The molecule has 2 N–H and O–H groups in total. The van der Waals surface area contributed by atoms with E-state index in [9.17, 15) is 18.0 Å². The topological polar surface area (TPSA) is 62.2 Å². The summed E-state index contributed by atoms with van der Waals surface area (Å²) in [6.45, 7) is 5.08. The number of nitrogens with zero attached hydrogens (tertiary/aromatic N) is 3. The number of carbonyl (C=O) groups excluding carboxylic acids is 1. The number of aromatic nitrogens is 2. The molecule has 9 heteroatoms. The molecule has 1 unspecified atom stereocenters. The van der Waals surface area contributed by atoms with Crippen LogP contribution < -0.4 is 10.6 Å². The smallest absolute Gasteiger partial charge is 0.354 e. The molecule has 25 heavy (non-hydrogen) atoms. The molecule has 1 aromatic rings. The average molecular weight is 361 g/mol. The first-order valence-corrected chi connectivity index (χ1v) is 8.47. The molecular weight excluding hydrogens is 335 g/mol. The number of nitrogens with one attached hydrogen (secondary N) is 2. The molecule has 2 rings (SSSR count). The van der Waals surface area contributed by atoms with Gasteiger partial charge in [0.05, 0.1) is 5.69 Å². The lowest BCUT2D eigenvalue weighted by molar-refractivity contribution is -0.184. The number of hydrogen-bond donors (Lipinski definition) is 2. The van der Waals surface area contributed by atoms with Crippen molar-refractivity contribution < 1.29 is 18.0 Å². The first-order chi connectivity index (χ1) is 11.7. The summed E-state index contributed by atoms with van der Waals surface area (Å²) in [5.74, 6) is -0.368. The molecule has 0 aromatic carbocycles. The molecule has 0 spiro atoms. The second-order valence-corrected chi connectivity index (χ2v) is 6.42. The molecule has 1 aromatic heterocycles. The molecule has 0 bridgehead atoms. The lowest BCUT2D eigenvalue weighted by Crippen LogP contribution is -2.57. The number of hydrogen-bond acceptors (Lipinski definition) is 4. The number of halogens is 3. The van der Waals surface area contributed by atoms with Crippen LogP contribution in [0.3, 0.4) is 0 Å². The Morgan fingerprint density at radius 2 is 1.96 bits per heavy atom. The van der Waals surface area contributed by atoms with Crippen molar-refractivity contribution >= 4 is 5.91 Å². The van der Waals surface area contributed by atoms with Gasteiger partial charge in [-0.25, -0.2) is 0 Å². The lowest BCUT2D eigenvalue weighted by atomic mass is 10.1. The predicted molar refractivity (Wildman–Crippen MR) is 88.3 cm³/mol. The van der Waals surface area contributed by atoms with E-state index in [0.717, 1.165) is 17.0 Å². The van der Waals surface area contributed by atoms with Crippen molar-refractivity contribution in [2.45, 2.75) is 38.9 Å². The van der Waals surface area contributed by atoms with E-state index < -0.39 is 18.8 Å². The van der Waals surface area contributed by atoms with Crippen LogP contribution in [0, 0.1) is 13.8 Å². The molecule has 1 saturated heterocycles. The van der Waals surface area contributed by atoms with Gasteiger partial charge in [-0.15, -0.1) is 0 Å². The SMILES string of the molecule is Cc1nn(C)c(C)c1CCC(=O)NCC(N1CCNCC1)C(F)(F)F. The molecule has 1 aliphatic rings. The van der Waals surface area contributed by atoms with Gasteiger partial charge in [0.25, 0.3) is 0 Å². The predicted octanol–water partition coefficient (Wildman–Crippen LogP) is 0.922. The number of amides is 1. The molecule has 1 aliphatic heterocycles. The number of rotatable bonds is 6. The fourth-order valence-electron chi connectivity index (χ4n) is 3.16. The quantitative estimate of drug-likeness (QED) is 0.791. The van der Waals surface area contributed by atoms with Crippen LogP contribution in [0.2, 0.25) is 0 Å². The lowest BCUT2D eigenvalue weighted by Gasteiger charge is -2.35. The van der Waals surface area contributed by atoms with Crippen molar-refractivity contribution in [1.82, 2.24) is 25.3 Å². The van der Waals surface area contributed by atoms with E-state index in [-0.39, 0.29) is 12.3 Å². The number of piperazine rings is 1. The second-order valence-electron chi connectivity index (χ2n) is 6.42. The molecular formula is C16H26F3N5O. The van der Waals surface area contributed by atoms with E-state index in [1.165, 1.54) is 4.90 Å². The highest BCUT2D eigenvalue weighted by molar-refractivity contribution is 5.76. The van der Waals surface area contributed by atoms with Gasteiger partial charge in [0.2, 0.25) is 5.91 Å². The van der Waals surface area contributed by atoms with E-state index >= 15 is 0 Å². The van der Waals surface area contributed by atoms with Crippen molar-refractivity contribution in [3.8, 4) is 0 Å². The summed E-state index contributed by atoms with van der Waals surface area (Å²) in [6.07, 6.45) is -3.73. The summed E-state index contributed by atoms with van der Waals surface area (Å²) in [5, 5.41) is 9.77. The number of aryl methyl sites for hydroxylation is 2. The monoisotopic (exact) mass is 361 g/mol. The molecule has 1 amide bonds. The van der Waals surface area contributed by atoms with Crippen molar-refractivity contribution in [3.05, 3.63) is 17.0 Å². The van der Waals surface area contributed by atoms with E-state index in [4.69, 9.17) is 0 Å². The minimum Gasteiger partial charge on any atom is -0.354 e. The minimum absolute atomic E-state index is 0.152. The Hall–Kier alpha value is -1.61. The molecule has 0 saturated carbocycles. The third kappa shape index (κ3) is 5.18. The summed E-state index contributed by atoms with van der Waals surface area (Å²) in [4.78, 5) is 13.4. The molecule has 1 atom stereocenters. The van der Waals surface area contributed by atoms with E-state index in [1.807, 2.05) is 20.9 Å². The van der Waals surface area contributed by atoms with Gasteiger partial charge in [-0.2, -0.15) is 18.3 Å². The Morgan fingerprint density at radius 3 is 2.48 bits per heavy atom. The average Bonchev–Trinajstić information content (AvgIpc) is 2.78. The van der Waals surface area contributed by atoms with Gasteiger partial charge in [0.1, 0.15) is 6.04 Å². The summed E-state index contributed by atoms with van der Waals surface area (Å²) < 4.78 is 41.6. The van der Waals surface area contributed by atoms with Crippen molar-refractivity contribution in [3.63, 3.8) is 0 Å². The fraction of sp³-hybridized carbons (Fsp3) is 0.750. The van der Waals surface area contributed by atoms with Gasteiger partial charge in [-0.1, -0.05) is 0 Å². The highest BCUT2D eigenvalue weighted by Gasteiger charge is 2.43. The maximum absolute atomic E-state index is 13.3. The molecule has 1 fully saturated rings. The largest absolute Gasteiger partial charge is 0.405 e. The third-order valence-corrected chi connectivity index (χ3v) is 4.72. The Balaban J connectivity index is 1.88. The highest BCUT2D eigenvalue weighted by Crippen LogP contribution is 2.24. The summed E-state index contributed by atoms with van der Waals surface area (Å²) >= 11 is 0. The zero-order chi connectivity index (χ0) is 18.6. The van der Waals surface area contributed by atoms with Gasteiger partial charge >= 0.3 is 6.18 Å². The molecule has 142 valence electrons. The molecule has 2 heterocycles. The Bertz CT molecular complexity index is 593.